The number of nitrogens with two attached hydrogens (primary N) is 1. The molecule has 0 spiro atoms. The van der Waals surface area contributed by atoms with Gasteiger partial charge in [-0.2, -0.15) is 0 Å². The monoisotopic (exact) mass is 239 g/mol. The van der Waals surface area contributed by atoms with E-state index in [0.29, 0.717) is 12.6 Å². The van der Waals surface area contributed by atoms with Gasteiger partial charge in [0, 0.05) is 30.7 Å². The predicted octanol–water partition coefficient (Wildman–Crippen LogP) is 2.62. The molecule has 1 heterocycles. The summed E-state index contributed by atoms with van der Waals surface area (Å²) in [6.07, 6.45) is 7.25. The second-order valence-electron chi connectivity index (χ2n) is 4.85. The van der Waals surface area contributed by atoms with Gasteiger partial charge in [0.05, 0.1) is 0 Å². The highest BCUT2D eigenvalue weighted by molar-refractivity contribution is 7.15. The summed E-state index contributed by atoms with van der Waals surface area (Å²) in [4.78, 5) is 7.97. The maximum absolute atomic E-state index is 5.62. The molecule has 1 saturated carbocycles. The van der Waals surface area contributed by atoms with Crippen molar-refractivity contribution < 1.29 is 0 Å². The molecular formula is C12H21N3S. The largest absolute Gasteiger partial charge is 0.348 e. The van der Waals surface area contributed by atoms with E-state index < -0.39 is 0 Å². The smallest absolute Gasteiger partial charge is 0.185 e. The van der Waals surface area contributed by atoms with Crippen LogP contribution >= 0.6 is 11.3 Å². The number of nitrogens with zero attached hydrogens (tertiary/aromatic N) is 2. The van der Waals surface area contributed by atoms with Crippen LogP contribution in [0, 0.1) is 5.92 Å². The molecule has 0 aliphatic heterocycles. The molecule has 2 atom stereocenters. The van der Waals surface area contributed by atoms with Crippen LogP contribution in [0.4, 0.5) is 5.13 Å². The lowest BCUT2D eigenvalue weighted by Crippen LogP contribution is -2.35. The fourth-order valence-corrected chi connectivity index (χ4v) is 3.29. The fraction of sp³-hybridized carbons (Fsp3) is 0.750. The van der Waals surface area contributed by atoms with Crippen molar-refractivity contribution in [3.63, 3.8) is 0 Å². The summed E-state index contributed by atoms with van der Waals surface area (Å²) in [7, 11) is 2.17. The summed E-state index contributed by atoms with van der Waals surface area (Å²) in [6, 6.07) is 0.667. The highest BCUT2D eigenvalue weighted by atomic mass is 32.1. The molecule has 0 radical (unpaired) electrons. The van der Waals surface area contributed by atoms with Crippen LogP contribution < -0.4 is 10.6 Å². The SMILES string of the molecule is CC1CCCC(N(C)c2ncc(CN)s2)C1. The van der Waals surface area contributed by atoms with Crippen molar-refractivity contribution >= 4 is 16.5 Å². The van der Waals surface area contributed by atoms with Gasteiger partial charge in [-0.15, -0.1) is 11.3 Å². The molecule has 16 heavy (non-hydrogen) atoms. The van der Waals surface area contributed by atoms with Gasteiger partial charge in [0.25, 0.3) is 0 Å². The van der Waals surface area contributed by atoms with Crippen molar-refractivity contribution in [2.75, 3.05) is 11.9 Å². The second kappa shape index (κ2) is 5.15. The van der Waals surface area contributed by atoms with Crippen molar-refractivity contribution in [2.45, 2.75) is 45.2 Å². The summed E-state index contributed by atoms with van der Waals surface area (Å²) in [5.74, 6) is 0.857. The Hall–Kier alpha value is -0.610. The standard InChI is InChI=1S/C12H21N3S/c1-9-4-3-5-10(6-9)15(2)12-14-8-11(7-13)16-12/h8-10H,3-7,13H2,1-2H3. The van der Waals surface area contributed by atoms with Gasteiger partial charge in [-0.05, 0) is 18.8 Å². The van der Waals surface area contributed by atoms with Crippen LogP contribution in [0.15, 0.2) is 6.20 Å². The third kappa shape index (κ3) is 2.55. The van der Waals surface area contributed by atoms with Crippen LogP contribution in [-0.4, -0.2) is 18.1 Å². The molecule has 0 bridgehead atoms. The van der Waals surface area contributed by atoms with Crippen LogP contribution in [0.3, 0.4) is 0 Å². The molecule has 1 aromatic heterocycles. The van der Waals surface area contributed by atoms with E-state index in [1.54, 1.807) is 11.3 Å². The first-order valence-corrected chi connectivity index (χ1v) is 6.90. The quantitative estimate of drug-likeness (QED) is 0.881. The average molecular weight is 239 g/mol. The Bertz CT molecular complexity index is 337. The first kappa shape index (κ1) is 11.9. The van der Waals surface area contributed by atoms with Crippen molar-refractivity contribution in [3.05, 3.63) is 11.1 Å². The van der Waals surface area contributed by atoms with Gasteiger partial charge in [-0.1, -0.05) is 19.8 Å². The van der Waals surface area contributed by atoms with Crippen LogP contribution in [0.2, 0.25) is 0 Å². The Balaban J connectivity index is 2.02. The summed E-state index contributed by atoms with van der Waals surface area (Å²) in [5, 5.41) is 1.12. The highest BCUT2D eigenvalue weighted by Crippen LogP contribution is 2.31. The van der Waals surface area contributed by atoms with E-state index in [0.717, 1.165) is 11.0 Å². The summed E-state index contributed by atoms with van der Waals surface area (Å²) < 4.78 is 0. The van der Waals surface area contributed by atoms with E-state index in [-0.39, 0.29) is 0 Å². The third-order valence-corrected chi connectivity index (χ3v) is 4.61. The molecule has 0 amide bonds. The zero-order chi connectivity index (χ0) is 11.5. The molecule has 4 heteroatoms. The number of hydrogen-bond acceptors (Lipinski definition) is 4. The third-order valence-electron chi connectivity index (χ3n) is 3.50. The number of rotatable bonds is 3. The zero-order valence-corrected chi connectivity index (χ0v) is 11.0. The lowest BCUT2D eigenvalue weighted by molar-refractivity contribution is 0.336. The number of anilines is 1. The molecular weight excluding hydrogens is 218 g/mol. The van der Waals surface area contributed by atoms with E-state index in [1.165, 1.54) is 30.6 Å². The molecule has 0 aromatic carbocycles. The van der Waals surface area contributed by atoms with Gasteiger partial charge in [-0.25, -0.2) is 4.98 Å². The van der Waals surface area contributed by atoms with Gasteiger partial charge in [-0.3, -0.25) is 0 Å². The minimum atomic E-state index is 0.604. The van der Waals surface area contributed by atoms with E-state index in [2.05, 4.69) is 23.9 Å². The van der Waals surface area contributed by atoms with Gasteiger partial charge < -0.3 is 10.6 Å². The number of thiazole rings is 1. The zero-order valence-electron chi connectivity index (χ0n) is 10.1. The van der Waals surface area contributed by atoms with Gasteiger partial charge in [0.1, 0.15) is 0 Å². The Kier molecular flexibility index (Phi) is 3.82. The van der Waals surface area contributed by atoms with Crippen LogP contribution in [0.1, 0.15) is 37.5 Å². The highest BCUT2D eigenvalue weighted by Gasteiger charge is 2.23. The van der Waals surface area contributed by atoms with E-state index in [1.807, 2.05) is 6.20 Å². The molecule has 1 fully saturated rings. The van der Waals surface area contributed by atoms with Crippen LogP contribution in [-0.2, 0) is 6.54 Å². The molecule has 2 rings (SSSR count). The minimum Gasteiger partial charge on any atom is -0.348 e. The predicted molar refractivity (Wildman–Crippen MR) is 69.8 cm³/mol. The second-order valence-corrected chi connectivity index (χ2v) is 5.94. The van der Waals surface area contributed by atoms with Crippen LogP contribution in [0.5, 0.6) is 0 Å². The van der Waals surface area contributed by atoms with Crippen molar-refractivity contribution in [1.82, 2.24) is 4.98 Å². The van der Waals surface area contributed by atoms with Crippen molar-refractivity contribution in [3.8, 4) is 0 Å². The number of hydrogen-bond donors (Lipinski definition) is 1. The van der Waals surface area contributed by atoms with E-state index in [9.17, 15) is 0 Å². The van der Waals surface area contributed by atoms with E-state index >= 15 is 0 Å². The van der Waals surface area contributed by atoms with Crippen molar-refractivity contribution in [2.24, 2.45) is 11.7 Å². The topological polar surface area (TPSA) is 42.2 Å². The lowest BCUT2D eigenvalue weighted by atomic mass is 9.86. The molecule has 1 aliphatic rings. The van der Waals surface area contributed by atoms with Crippen LogP contribution in [0.25, 0.3) is 0 Å². The maximum Gasteiger partial charge on any atom is 0.185 e. The molecule has 1 aromatic rings. The van der Waals surface area contributed by atoms with E-state index in [4.69, 9.17) is 5.73 Å². The Morgan fingerprint density at radius 1 is 1.56 bits per heavy atom. The molecule has 2 unspecified atom stereocenters. The first-order valence-electron chi connectivity index (χ1n) is 6.08. The minimum absolute atomic E-state index is 0.604. The van der Waals surface area contributed by atoms with Gasteiger partial charge >= 0.3 is 0 Å². The lowest BCUT2D eigenvalue weighted by Gasteiger charge is -2.33. The summed E-state index contributed by atoms with van der Waals surface area (Å²) in [6.45, 7) is 2.96. The first-order chi connectivity index (χ1) is 7.70. The van der Waals surface area contributed by atoms with Gasteiger partial charge in [0.15, 0.2) is 5.13 Å². The molecule has 0 saturated heterocycles. The molecule has 2 N–H and O–H groups in total. The maximum atomic E-state index is 5.62. The summed E-state index contributed by atoms with van der Waals surface area (Å²) >= 11 is 1.73. The average Bonchev–Trinajstić information content (AvgIpc) is 2.76. The fourth-order valence-electron chi connectivity index (χ4n) is 2.46. The number of aromatic nitrogens is 1. The Morgan fingerprint density at radius 2 is 2.38 bits per heavy atom. The normalized spacial score (nSPS) is 25.7. The molecule has 90 valence electrons. The molecule has 1 aliphatic carbocycles. The van der Waals surface area contributed by atoms with Gasteiger partial charge in [0.2, 0.25) is 0 Å². The Morgan fingerprint density at radius 3 is 3.00 bits per heavy atom. The Labute approximate surface area is 102 Å². The summed E-state index contributed by atoms with van der Waals surface area (Å²) in [5.41, 5.74) is 5.62. The molecule has 3 nitrogen and oxygen atoms in total. The van der Waals surface area contributed by atoms with Crippen molar-refractivity contribution in [1.29, 1.82) is 0 Å².